The van der Waals surface area contributed by atoms with Gasteiger partial charge in [-0.3, -0.25) is 9.20 Å². The van der Waals surface area contributed by atoms with Gasteiger partial charge in [-0.2, -0.15) is 5.10 Å². The summed E-state index contributed by atoms with van der Waals surface area (Å²) in [5.74, 6) is 1.67. The molecule has 4 heterocycles. The summed E-state index contributed by atoms with van der Waals surface area (Å²) >= 11 is 1.47. The Morgan fingerprint density at radius 3 is 2.73 bits per heavy atom. The third kappa shape index (κ3) is 2.61. The first-order chi connectivity index (χ1) is 14.8. The van der Waals surface area contributed by atoms with Crippen molar-refractivity contribution >= 4 is 39.6 Å². The van der Waals surface area contributed by atoms with Gasteiger partial charge in [-0.15, -0.1) is 5.10 Å². The third-order valence-electron chi connectivity index (χ3n) is 4.83. The Bertz CT molecular complexity index is 1580. The maximum Gasteiger partial charge on any atom is 0.262 e. The summed E-state index contributed by atoms with van der Waals surface area (Å²) in [5.41, 5.74) is 3.04. The predicted octanol–water partition coefficient (Wildman–Crippen LogP) is 2.93. The highest BCUT2D eigenvalue weighted by molar-refractivity contribution is 7.98. The van der Waals surface area contributed by atoms with E-state index in [9.17, 15) is 4.79 Å². The summed E-state index contributed by atoms with van der Waals surface area (Å²) in [6.45, 7) is 0. The van der Waals surface area contributed by atoms with Crippen LogP contribution in [0, 0.1) is 0 Å². The number of nitrogens with zero attached hydrogens (tertiary/aromatic N) is 6. The van der Waals surface area contributed by atoms with Crippen LogP contribution in [0.25, 0.3) is 33.5 Å². The number of fused-ring (bicyclic) bond motifs is 4. The second kappa shape index (κ2) is 6.56. The van der Waals surface area contributed by atoms with E-state index in [2.05, 4.69) is 30.2 Å². The lowest BCUT2D eigenvalue weighted by Crippen LogP contribution is -2.12. The number of hydrogen-bond acceptors (Lipinski definition) is 6. The van der Waals surface area contributed by atoms with Crippen molar-refractivity contribution in [2.24, 2.45) is 0 Å². The zero-order valence-electron chi connectivity index (χ0n) is 15.5. The van der Waals surface area contributed by atoms with Crippen molar-refractivity contribution < 1.29 is 0 Å². The summed E-state index contributed by atoms with van der Waals surface area (Å²) in [4.78, 5) is 24.6. The molecular formula is C20H14N8OS. The number of para-hydroxylation sites is 3. The van der Waals surface area contributed by atoms with Gasteiger partial charge in [0.1, 0.15) is 11.2 Å². The number of imidazole rings is 1. The molecule has 0 aliphatic rings. The Balaban J connectivity index is 1.38. The molecule has 0 spiro atoms. The minimum atomic E-state index is -0.210. The zero-order chi connectivity index (χ0) is 20.1. The average molecular weight is 414 g/mol. The third-order valence-corrected chi connectivity index (χ3v) is 5.78. The largest absolute Gasteiger partial charge is 0.309 e. The molecule has 0 atom stereocenters. The van der Waals surface area contributed by atoms with Crippen LogP contribution in [0.2, 0.25) is 0 Å². The summed E-state index contributed by atoms with van der Waals surface area (Å²) in [6.07, 6.45) is 1.54. The number of thioether (sulfide) groups is 1. The fraction of sp³-hybridized carbons (Fsp3) is 0.0500. The van der Waals surface area contributed by atoms with Crippen LogP contribution >= 0.6 is 11.8 Å². The van der Waals surface area contributed by atoms with Crippen molar-refractivity contribution in [1.29, 1.82) is 0 Å². The van der Waals surface area contributed by atoms with Crippen molar-refractivity contribution in [3.8, 4) is 5.69 Å². The van der Waals surface area contributed by atoms with Gasteiger partial charge < -0.3 is 4.98 Å². The van der Waals surface area contributed by atoms with Crippen molar-refractivity contribution in [1.82, 2.24) is 39.3 Å². The van der Waals surface area contributed by atoms with Crippen LogP contribution in [0.3, 0.4) is 0 Å². The number of H-pyrrole nitrogens is 2. The van der Waals surface area contributed by atoms with Crippen molar-refractivity contribution in [2.45, 2.75) is 10.9 Å². The monoisotopic (exact) mass is 414 g/mol. The maximum absolute atomic E-state index is 12.6. The predicted molar refractivity (Wildman–Crippen MR) is 114 cm³/mol. The van der Waals surface area contributed by atoms with Crippen molar-refractivity contribution in [3.63, 3.8) is 0 Å². The highest BCUT2D eigenvalue weighted by Crippen LogP contribution is 2.25. The number of benzene rings is 2. The molecule has 4 aromatic heterocycles. The fourth-order valence-electron chi connectivity index (χ4n) is 3.46. The topological polar surface area (TPSA) is 110 Å². The number of rotatable bonds is 4. The van der Waals surface area contributed by atoms with Crippen LogP contribution in [0.5, 0.6) is 0 Å². The van der Waals surface area contributed by atoms with E-state index in [1.165, 1.54) is 11.8 Å². The summed E-state index contributed by atoms with van der Waals surface area (Å²) in [6, 6.07) is 17.5. The SMILES string of the molecule is O=c1[nH]c(CSc2n[nH]c3nc4ccccc4n23)nc2c1cnn2-c1ccccc1. The van der Waals surface area contributed by atoms with Gasteiger partial charge in [0, 0.05) is 0 Å². The molecule has 0 saturated heterocycles. The minimum absolute atomic E-state index is 0.210. The van der Waals surface area contributed by atoms with E-state index < -0.39 is 0 Å². The van der Waals surface area contributed by atoms with E-state index in [0.717, 1.165) is 21.9 Å². The normalized spacial score (nSPS) is 11.7. The Morgan fingerprint density at radius 1 is 1.00 bits per heavy atom. The average Bonchev–Trinajstić information content (AvgIpc) is 3.46. The van der Waals surface area contributed by atoms with Gasteiger partial charge in [-0.25, -0.2) is 19.7 Å². The molecule has 0 fully saturated rings. The second-order valence-corrected chi connectivity index (χ2v) is 7.64. The molecule has 0 aliphatic carbocycles. The van der Waals surface area contributed by atoms with Gasteiger partial charge >= 0.3 is 0 Å². The lowest BCUT2D eigenvalue weighted by molar-refractivity contribution is 0.885. The minimum Gasteiger partial charge on any atom is -0.309 e. The molecule has 6 rings (SSSR count). The number of aromatic nitrogens is 8. The smallest absolute Gasteiger partial charge is 0.262 e. The fourth-order valence-corrected chi connectivity index (χ4v) is 4.29. The molecule has 2 N–H and O–H groups in total. The molecule has 6 aromatic rings. The highest BCUT2D eigenvalue weighted by atomic mass is 32.2. The van der Waals surface area contributed by atoms with Crippen LogP contribution < -0.4 is 5.56 Å². The standard InChI is InChI=1S/C20H14N8OS/c29-18-13-10-21-28(12-6-2-1-3-7-12)17(13)23-16(24-18)11-30-20-26-25-19-22-14-8-4-5-9-15(14)27(19)20/h1-10H,11H2,(H,22,25)(H,23,24,29). The second-order valence-electron chi connectivity index (χ2n) is 6.70. The first-order valence-corrected chi connectivity index (χ1v) is 10.2. The Morgan fingerprint density at radius 2 is 1.83 bits per heavy atom. The summed E-state index contributed by atoms with van der Waals surface area (Å²) in [5, 5.41) is 12.9. The van der Waals surface area contributed by atoms with Gasteiger partial charge in [-0.05, 0) is 24.3 Å². The quantitative estimate of drug-likeness (QED) is 0.429. The van der Waals surface area contributed by atoms with Gasteiger partial charge in [0.25, 0.3) is 5.56 Å². The van der Waals surface area contributed by atoms with E-state index in [1.54, 1.807) is 10.9 Å². The van der Waals surface area contributed by atoms with Gasteiger partial charge in [0.05, 0.1) is 28.7 Å². The lowest BCUT2D eigenvalue weighted by atomic mass is 10.3. The Hall–Kier alpha value is -3.92. The molecule has 0 amide bonds. The van der Waals surface area contributed by atoms with E-state index in [0.29, 0.717) is 28.4 Å². The van der Waals surface area contributed by atoms with Crippen LogP contribution in [0.1, 0.15) is 5.82 Å². The van der Waals surface area contributed by atoms with Crippen LogP contribution in [0.15, 0.2) is 70.7 Å². The molecule has 146 valence electrons. The number of nitrogens with one attached hydrogen (secondary N) is 2. The van der Waals surface area contributed by atoms with Crippen molar-refractivity contribution in [3.05, 3.63) is 77.0 Å². The molecule has 0 saturated carbocycles. The van der Waals surface area contributed by atoms with E-state index in [-0.39, 0.29) is 5.56 Å². The van der Waals surface area contributed by atoms with Crippen LogP contribution in [0.4, 0.5) is 0 Å². The molecule has 0 unspecified atom stereocenters. The highest BCUT2D eigenvalue weighted by Gasteiger charge is 2.15. The lowest BCUT2D eigenvalue weighted by Gasteiger charge is -2.04. The Labute approximate surface area is 172 Å². The molecule has 30 heavy (non-hydrogen) atoms. The Kier molecular flexibility index (Phi) is 3.71. The maximum atomic E-state index is 12.6. The van der Waals surface area contributed by atoms with Crippen LogP contribution in [-0.2, 0) is 5.75 Å². The first kappa shape index (κ1) is 17.0. The molecule has 2 aromatic carbocycles. The molecular weight excluding hydrogens is 400 g/mol. The molecule has 0 aliphatic heterocycles. The van der Waals surface area contributed by atoms with Gasteiger partial charge in [-0.1, -0.05) is 42.1 Å². The van der Waals surface area contributed by atoms with E-state index in [1.807, 2.05) is 59.0 Å². The summed E-state index contributed by atoms with van der Waals surface area (Å²) < 4.78 is 3.64. The number of aromatic amines is 2. The molecule has 0 bridgehead atoms. The molecule has 0 radical (unpaired) electrons. The molecule has 10 heteroatoms. The van der Waals surface area contributed by atoms with E-state index >= 15 is 0 Å². The van der Waals surface area contributed by atoms with E-state index in [4.69, 9.17) is 0 Å². The first-order valence-electron chi connectivity index (χ1n) is 9.25. The molecule has 9 nitrogen and oxygen atoms in total. The summed E-state index contributed by atoms with van der Waals surface area (Å²) in [7, 11) is 0. The van der Waals surface area contributed by atoms with Crippen LogP contribution in [-0.4, -0.2) is 39.3 Å². The van der Waals surface area contributed by atoms with Crippen molar-refractivity contribution in [2.75, 3.05) is 0 Å². The zero-order valence-corrected chi connectivity index (χ0v) is 16.3. The van der Waals surface area contributed by atoms with Gasteiger partial charge in [0.15, 0.2) is 10.8 Å². The number of hydrogen-bond donors (Lipinski definition) is 2. The van der Waals surface area contributed by atoms with Gasteiger partial charge in [0.2, 0.25) is 5.78 Å².